The molecule has 1 aliphatic rings. The van der Waals surface area contributed by atoms with E-state index in [-0.39, 0.29) is 24.9 Å². The van der Waals surface area contributed by atoms with Crippen molar-refractivity contribution < 1.29 is 13.2 Å². The van der Waals surface area contributed by atoms with Gasteiger partial charge in [0.15, 0.2) is 0 Å². The molecule has 1 aliphatic carbocycles. The van der Waals surface area contributed by atoms with E-state index in [1.54, 1.807) is 11.3 Å². The predicted octanol–water partition coefficient (Wildman–Crippen LogP) is 5.28. The minimum absolute atomic E-state index is 0.182. The maximum Gasteiger partial charge on any atom is 0.391 e. The van der Waals surface area contributed by atoms with Gasteiger partial charge in [-0.15, -0.1) is 11.3 Å². The zero-order chi connectivity index (χ0) is 14.0. The highest BCUT2D eigenvalue weighted by molar-refractivity contribution is 9.10. The van der Waals surface area contributed by atoms with Crippen molar-refractivity contribution in [3.05, 3.63) is 20.8 Å². The Bertz CT molecular complexity index is 410. The number of thiophene rings is 1. The summed E-state index contributed by atoms with van der Waals surface area (Å²) < 4.78 is 38.8. The van der Waals surface area contributed by atoms with Gasteiger partial charge in [-0.25, -0.2) is 0 Å². The van der Waals surface area contributed by atoms with Crippen molar-refractivity contribution in [1.29, 1.82) is 0 Å². The van der Waals surface area contributed by atoms with Crippen molar-refractivity contribution in [3.8, 4) is 0 Å². The maximum absolute atomic E-state index is 12.6. The molecule has 6 heteroatoms. The topological polar surface area (TPSA) is 12.0 Å². The monoisotopic (exact) mass is 355 g/mol. The summed E-state index contributed by atoms with van der Waals surface area (Å²) >= 11 is 5.15. The van der Waals surface area contributed by atoms with Gasteiger partial charge in [-0.05, 0) is 60.0 Å². The number of nitrogens with one attached hydrogen (secondary N) is 1. The third-order valence-electron chi connectivity index (χ3n) is 3.71. The first kappa shape index (κ1) is 15.3. The molecule has 0 radical (unpaired) electrons. The Balaban J connectivity index is 1.85. The van der Waals surface area contributed by atoms with Crippen LogP contribution in [0.1, 0.15) is 43.5 Å². The predicted molar refractivity (Wildman–Crippen MR) is 75.4 cm³/mol. The van der Waals surface area contributed by atoms with Gasteiger partial charge in [-0.3, -0.25) is 0 Å². The van der Waals surface area contributed by atoms with Crippen LogP contribution in [0.15, 0.2) is 15.9 Å². The molecular formula is C13H17BrF3NS. The lowest BCUT2D eigenvalue weighted by atomic mass is 9.85. The van der Waals surface area contributed by atoms with Gasteiger partial charge in [-0.1, -0.05) is 0 Å². The maximum atomic E-state index is 12.6. The number of hydrogen-bond donors (Lipinski definition) is 1. The SMILES string of the molecule is CC(NC1CCC(C(F)(F)F)CC1)c1sccc1Br. The smallest absolute Gasteiger partial charge is 0.307 e. The lowest BCUT2D eigenvalue weighted by Gasteiger charge is -2.32. The number of halogens is 4. The number of hydrogen-bond acceptors (Lipinski definition) is 2. The molecule has 108 valence electrons. The van der Waals surface area contributed by atoms with Crippen LogP contribution >= 0.6 is 27.3 Å². The Morgan fingerprint density at radius 2 is 1.95 bits per heavy atom. The van der Waals surface area contributed by atoms with Crippen LogP contribution in [-0.2, 0) is 0 Å². The van der Waals surface area contributed by atoms with E-state index in [0.29, 0.717) is 12.8 Å². The van der Waals surface area contributed by atoms with E-state index in [2.05, 4.69) is 28.2 Å². The van der Waals surface area contributed by atoms with Gasteiger partial charge in [0.25, 0.3) is 0 Å². The van der Waals surface area contributed by atoms with Crippen LogP contribution in [0.2, 0.25) is 0 Å². The molecular weight excluding hydrogens is 339 g/mol. The molecule has 1 unspecified atom stereocenters. The summed E-state index contributed by atoms with van der Waals surface area (Å²) in [5.41, 5.74) is 0. The summed E-state index contributed by atoms with van der Waals surface area (Å²) in [6, 6.07) is 2.38. The molecule has 1 aromatic rings. The Hall–Kier alpha value is -0.0700. The molecule has 0 aliphatic heterocycles. The minimum atomic E-state index is -4.02. The largest absolute Gasteiger partial charge is 0.391 e. The fourth-order valence-corrected chi connectivity index (χ4v) is 4.37. The lowest BCUT2D eigenvalue weighted by molar-refractivity contribution is -0.182. The van der Waals surface area contributed by atoms with Crippen molar-refractivity contribution in [2.75, 3.05) is 0 Å². The van der Waals surface area contributed by atoms with Gasteiger partial charge in [0.1, 0.15) is 0 Å². The van der Waals surface area contributed by atoms with E-state index in [0.717, 1.165) is 4.47 Å². The average Bonchev–Trinajstić information content (AvgIpc) is 2.75. The van der Waals surface area contributed by atoms with Gasteiger partial charge in [0.05, 0.1) is 5.92 Å². The quantitative estimate of drug-likeness (QED) is 0.777. The molecule has 1 atom stereocenters. The molecule has 1 N–H and O–H groups in total. The van der Waals surface area contributed by atoms with Crippen LogP contribution in [0.5, 0.6) is 0 Å². The van der Waals surface area contributed by atoms with Crippen LogP contribution in [-0.4, -0.2) is 12.2 Å². The lowest BCUT2D eigenvalue weighted by Crippen LogP contribution is -2.38. The highest BCUT2D eigenvalue weighted by atomic mass is 79.9. The second-order valence-corrected chi connectivity index (χ2v) is 6.91. The van der Waals surface area contributed by atoms with Crippen LogP contribution in [0.25, 0.3) is 0 Å². The molecule has 1 nitrogen and oxygen atoms in total. The van der Waals surface area contributed by atoms with Crippen LogP contribution < -0.4 is 5.32 Å². The van der Waals surface area contributed by atoms with Crippen molar-refractivity contribution in [2.45, 2.75) is 50.9 Å². The molecule has 1 aromatic heterocycles. The summed E-state index contributed by atoms with van der Waals surface area (Å²) in [6.45, 7) is 2.06. The first-order valence-corrected chi connectivity index (χ1v) is 8.11. The molecule has 0 amide bonds. The zero-order valence-electron chi connectivity index (χ0n) is 10.6. The number of rotatable bonds is 3. The number of alkyl halides is 3. The second-order valence-electron chi connectivity index (χ2n) is 5.11. The molecule has 0 saturated heterocycles. The van der Waals surface area contributed by atoms with Crippen molar-refractivity contribution >= 4 is 27.3 Å². The summed E-state index contributed by atoms with van der Waals surface area (Å²) in [6.07, 6.45) is -2.30. The van der Waals surface area contributed by atoms with Gasteiger partial charge in [-0.2, -0.15) is 13.2 Å². The minimum Gasteiger partial charge on any atom is -0.307 e. The van der Waals surface area contributed by atoms with E-state index in [4.69, 9.17) is 0 Å². The standard InChI is InChI=1S/C13H17BrF3NS/c1-8(12-11(14)6-7-19-12)18-10-4-2-9(3-5-10)13(15,16)17/h6-10,18H,2-5H2,1H3. The molecule has 1 heterocycles. The molecule has 2 rings (SSSR count). The summed E-state index contributed by atoms with van der Waals surface area (Å²) in [7, 11) is 0. The molecule has 19 heavy (non-hydrogen) atoms. The van der Waals surface area contributed by atoms with Crippen molar-refractivity contribution in [1.82, 2.24) is 5.32 Å². The highest BCUT2D eigenvalue weighted by Gasteiger charge is 2.41. The van der Waals surface area contributed by atoms with E-state index in [1.165, 1.54) is 4.88 Å². The van der Waals surface area contributed by atoms with E-state index in [1.807, 2.05) is 11.4 Å². The summed E-state index contributed by atoms with van der Waals surface area (Å²) in [4.78, 5) is 1.21. The normalized spacial score (nSPS) is 26.4. The zero-order valence-corrected chi connectivity index (χ0v) is 13.0. The Kier molecular flexibility index (Phi) is 4.95. The summed E-state index contributed by atoms with van der Waals surface area (Å²) in [5, 5.41) is 5.46. The molecule has 0 spiro atoms. The first-order chi connectivity index (χ1) is 8.88. The van der Waals surface area contributed by atoms with Gasteiger partial charge >= 0.3 is 6.18 Å². The first-order valence-electron chi connectivity index (χ1n) is 6.43. The van der Waals surface area contributed by atoms with Crippen LogP contribution in [0.3, 0.4) is 0 Å². The molecule has 1 saturated carbocycles. The second kappa shape index (κ2) is 6.14. The molecule has 1 fully saturated rings. The molecule has 0 bridgehead atoms. The summed E-state index contributed by atoms with van der Waals surface area (Å²) in [5.74, 6) is -1.10. The van der Waals surface area contributed by atoms with E-state index >= 15 is 0 Å². The fourth-order valence-electron chi connectivity index (χ4n) is 2.63. The fraction of sp³-hybridized carbons (Fsp3) is 0.692. The third kappa shape index (κ3) is 3.95. The third-order valence-corrected chi connectivity index (χ3v) is 5.77. The Morgan fingerprint density at radius 3 is 2.42 bits per heavy atom. The van der Waals surface area contributed by atoms with Crippen molar-refractivity contribution in [3.63, 3.8) is 0 Å². The Morgan fingerprint density at radius 1 is 1.32 bits per heavy atom. The Labute approximate surface area is 123 Å². The van der Waals surface area contributed by atoms with E-state index < -0.39 is 12.1 Å². The van der Waals surface area contributed by atoms with Gasteiger partial charge in [0, 0.05) is 21.4 Å². The molecule has 0 aromatic carbocycles. The van der Waals surface area contributed by atoms with Crippen LogP contribution in [0.4, 0.5) is 13.2 Å². The van der Waals surface area contributed by atoms with Crippen LogP contribution in [0, 0.1) is 5.92 Å². The van der Waals surface area contributed by atoms with Crippen molar-refractivity contribution in [2.24, 2.45) is 5.92 Å². The van der Waals surface area contributed by atoms with E-state index in [9.17, 15) is 13.2 Å². The average molecular weight is 356 g/mol. The highest BCUT2D eigenvalue weighted by Crippen LogP contribution is 2.38. The van der Waals surface area contributed by atoms with Gasteiger partial charge < -0.3 is 5.32 Å². The van der Waals surface area contributed by atoms with Gasteiger partial charge in [0.2, 0.25) is 0 Å².